The zero-order valence-electron chi connectivity index (χ0n) is 10.5. The molecule has 0 bridgehead atoms. The van der Waals surface area contributed by atoms with Crippen LogP contribution in [0.15, 0.2) is 16.9 Å². The Morgan fingerprint density at radius 1 is 1.24 bits per heavy atom. The number of aromatic nitrogens is 4. The summed E-state index contributed by atoms with van der Waals surface area (Å²) in [4.78, 5) is 20.3. The Morgan fingerprint density at radius 3 is 2.47 bits per heavy atom. The van der Waals surface area contributed by atoms with Gasteiger partial charge >= 0.3 is 0 Å². The second-order valence-electron chi connectivity index (χ2n) is 4.45. The van der Waals surface area contributed by atoms with Gasteiger partial charge in [-0.3, -0.25) is 9.89 Å². The van der Waals surface area contributed by atoms with Crippen molar-refractivity contribution in [3.63, 3.8) is 0 Å². The number of aromatic amines is 1. The van der Waals surface area contributed by atoms with Crippen molar-refractivity contribution in [3.8, 4) is 5.82 Å². The number of nitrogens with one attached hydrogen (secondary N) is 1. The molecule has 0 radical (unpaired) electrons. The summed E-state index contributed by atoms with van der Waals surface area (Å²) < 4.78 is 1.46. The summed E-state index contributed by atoms with van der Waals surface area (Å²) >= 11 is 0. The first-order valence-electron chi connectivity index (χ1n) is 5.62. The molecule has 0 aromatic carbocycles. The molecule has 2 aromatic heterocycles. The molecule has 0 spiro atoms. The molecule has 0 amide bonds. The van der Waals surface area contributed by atoms with Gasteiger partial charge in [-0.25, -0.2) is 14.6 Å². The normalized spacial score (nSPS) is 11.1. The van der Waals surface area contributed by atoms with Crippen molar-refractivity contribution in [2.75, 3.05) is 0 Å². The molecule has 2 heterocycles. The molecule has 0 fully saturated rings. The Balaban J connectivity index is 2.56. The van der Waals surface area contributed by atoms with Gasteiger partial charge < -0.3 is 0 Å². The molecule has 0 atom stereocenters. The van der Waals surface area contributed by atoms with Gasteiger partial charge in [0.05, 0.1) is 0 Å². The average Bonchev–Trinajstić information content (AvgIpc) is 2.59. The highest BCUT2D eigenvalue weighted by Crippen LogP contribution is 2.10. The van der Waals surface area contributed by atoms with Crippen LogP contribution in [0.25, 0.3) is 5.82 Å². The van der Waals surface area contributed by atoms with Gasteiger partial charge in [-0.05, 0) is 19.8 Å². The van der Waals surface area contributed by atoms with E-state index in [-0.39, 0.29) is 11.5 Å². The van der Waals surface area contributed by atoms with E-state index in [4.69, 9.17) is 0 Å². The number of nitrogens with zero attached hydrogens (tertiary/aromatic N) is 3. The predicted octanol–water partition coefficient (Wildman–Crippen LogP) is 1.70. The van der Waals surface area contributed by atoms with Crippen molar-refractivity contribution < 1.29 is 0 Å². The van der Waals surface area contributed by atoms with Crippen molar-refractivity contribution in [2.45, 2.75) is 33.6 Å². The third-order valence-corrected chi connectivity index (χ3v) is 2.54. The van der Waals surface area contributed by atoms with E-state index < -0.39 is 0 Å². The Hall–Kier alpha value is -1.91. The second-order valence-corrected chi connectivity index (χ2v) is 4.45. The maximum absolute atomic E-state index is 11.8. The molecular weight excluding hydrogens is 216 g/mol. The van der Waals surface area contributed by atoms with Crippen molar-refractivity contribution >= 4 is 0 Å². The van der Waals surface area contributed by atoms with Gasteiger partial charge in [-0.2, -0.15) is 0 Å². The van der Waals surface area contributed by atoms with Crippen molar-refractivity contribution in [1.29, 1.82) is 0 Å². The first kappa shape index (κ1) is 11.6. The van der Waals surface area contributed by atoms with E-state index >= 15 is 0 Å². The summed E-state index contributed by atoms with van der Waals surface area (Å²) in [6, 6.07) is 3.40. The summed E-state index contributed by atoms with van der Waals surface area (Å²) in [5.41, 5.74) is 1.66. The molecule has 90 valence electrons. The van der Waals surface area contributed by atoms with E-state index in [0.29, 0.717) is 11.6 Å². The number of aryl methyl sites for hydroxylation is 2. The van der Waals surface area contributed by atoms with Gasteiger partial charge in [0, 0.05) is 23.5 Å². The highest BCUT2D eigenvalue weighted by atomic mass is 16.1. The van der Waals surface area contributed by atoms with Gasteiger partial charge in [0.1, 0.15) is 5.82 Å². The summed E-state index contributed by atoms with van der Waals surface area (Å²) in [6.45, 7) is 7.77. The minimum Gasteiger partial charge on any atom is -0.293 e. The first-order valence-corrected chi connectivity index (χ1v) is 5.62. The highest BCUT2D eigenvalue weighted by Gasteiger charge is 2.09. The number of hydrogen-bond acceptors (Lipinski definition) is 3. The molecule has 5 heteroatoms. The SMILES string of the molecule is Cc1cc(-n2[nH]c(C(C)C)cc2=O)nc(C)n1. The Kier molecular flexibility index (Phi) is 2.83. The lowest BCUT2D eigenvalue weighted by Gasteiger charge is -2.04. The summed E-state index contributed by atoms with van der Waals surface area (Å²) in [6.07, 6.45) is 0. The van der Waals surface area contributed by atoms with Gasteiger partial charge in [0.25, 0.3) is 5.56 Å². The molecule has 0 saturated heterocycles. The highest BCUT2D eigenvalue weighted by molar-refractivity contribution is 5.24. The lowest BCUT2D eigenvalue weighted by molar-refractivity contribution is 0.741. The van der Waals surface area contributed by atoms with Crippen LogP contribution < -0.4 is 5.56 Å². The minimum absolute atomic E-state index is 0.0915. The average molecular weight is 232 g/mol. The van der Waals surface area contributed by atoms with Gasteiger partial charge in [0.2, 0.25) is 0 Å². The zero-order valence-corrected chi connectivity index (χ0v) is 10.5. The third-order valence-electron chi connectivity index (χ3n) is 2.54. The fraction of sp³-hybridized carbons (Fsp3) is 0.417. The van der Waals surface area contributed by atoms with E-state index in [1.165, 1.54) is 4.68 Å². The smallest absolute Gasteiger partial charge is 0.272 e. The maximum Gasteiger partial charge on any atom is 0.272 e. The van der Waals surface area contributed by atoms with E-state index in [9.17, 15) is 4.79 Å². The Labute approximate surface area is 99.5 Å². The van der Waals surface area contributed by atoms with E-state index in [0.717, 1.165) is 11.4 Å². The van der Waals surface area contributed by atoms with Gasteiger partial charge in [-0.15, -0.1) is 0 Å². The quantitative estimate of drug-likeness (QED) is 0.857. The molecule has 17 heavy (non-hydrogen) atoms. The van der Waals surface area contributed by atoms with Crippen LogP contribution in [0.3, 0.4) is 0 Å². The molecule has 1 N–H and O–H groups in total. The zero-order chi connectivity index (χ0) is 12.6. The molecule has 0 aliphatic heterocycles. The molecule has 0 aliphatic carbocycles. The Bertz CT molecular complexity index is 575. The largest absolute Gasteiger partial charge is 0.293 e. The maximum atomic E-state index is 11.8. The van der Waals surface area contributed by atoms with Crippen molar-refractivity contribution in [3.05, 3.63) is 39.7 Å². The van der Waals surface area contributed by atoms with Crippen LogP contribution in [-0.4, -0.2) is 19.7 Å². The summed E-state index contributed by atoms with van der Waals surface area (Å²) in [7, 11) is 0. The molecule has 0 unspecified atom stereocenters. The van der Waals surface area contributed by atoms with Crippen LogP contribution in [0.1, 0.15) is 37.0 Å². The van der Waals surface area contributed by atoms with E-state index in [2.05, 4.69) is 15.1 Å². The Morgan fingerprint density at radius 2 is 1.94 bits per heavy atom. The lowest BCUT2D eigenvalue weighted by Crippen LogP contribution is -2.16. The van der Waals surface area contributed by atoms with Crippen LogP contribution in [0.5, 0.6) is 0 Å². The molecular formula is C12H16N4O. The molecule has 2 aromatic rings. The monoisotopic (exact) mass is 232 g/mol. The second kappa shape index (κ2) is 4.16. The first-order chi connectivity index (χ1) is 7.97. The fourth-order valence-corrected chi connectivity index (χ4v) is 1.69. The van der Waals surface area contributed by atoms with Crippen LogP contribution in [0, 0.1) is 13.8 Å². The number of hydrogen-bond donors (Lipinski definition) is 1. The lowest BCUT2D eigenvalue weighted by atomic mass is 10.1. The molecule has 5 nitrogen and oxygen atoms in total. The van der Waals surface area contributed by atoms with Crippen LogP contribution in [0.2, 0.25) is 0 Å². The van der Waals surface area contributed by atoms with Crippen molar-refractivity contribution in [2.24, 2.45) is 0 Å². The number of rotatable bonds is 2. The van der Waals surface area contributed by atoms with Gasteiger partial charge in [-0.1, -0.05) is 13.8 Å². The topological polar surface area (TPSA) is 63.6 Å². The third kappa shape index (κ3) is 2.27. The molecule has 2 rings (SSSR count). The van der Waals surface area contributed by atoms with Gasteiger partial charge in [0.15, 0.2) is 5.82 Å². The molecule has 0 aliphatic rings. The molecule has 0 saturated carbocycles. The standard InChI is InChI=1S/C12H16N4O/c1-7(2)10-6-12(17)16(15-10)11-5-8(3)13-9(4)14-11/h5-7,15H,1-4H3. The minimum atomic E-state index is -0.0915. The van der Waals surface area contributed by atoms with Crippen LogP contribution in [-0.2, 0) is 0 Å². The fourth-order valence-electron chi connectivity index (χ4n) is 1.69. The predicted molar refractivity (Wildman–Crippen MR) is 65.5 cm³/mol. The van der Waals surface area contributed by atoms with Crippen LogP contribution >= 0.6 is 0 Å². The van der Waals surface area contributed by atoms with E-state index in [1.807, 2.05) is 27.7 Å². The number of H-pyrrole nitrogens is 1. The summed E-state index contributed by atoms with van der Waals surface area (Å²) in [5.74, 6) is 1.53. The van der Waals surface area contributed by atoms with Crippen LogP contribution in [0.4, 0.5) is 0 Å². The van der Waals surface area contributed by atoms with Crippen molar-refractivity contribution in [1.82, 2.24) is 19.7 Å². The summed E-state index contributed by atoms with van der Waals surface area (Å²) in [5, 5.41) is 3.07. The van der Waals surface area contributed by atoms with E-state index in [1.54, 1.807) is 12.1 Å².